The van der Waals surface area contributed by atoms with Crippen LogP contribution >= 0.6 is 0 Å². The number of carboxylic acid groups (broad SMARTS) is 1. The molecule has 4 rings (SSSR count). The molecular formula is C23H16F4N2O3. The summed E-state index contributed by atoms with van der Waals surface area (Å²) < 4.78 is 61.2. The van der Waals surface area contributed by atoms with Gasteiger partial charge in [-0.2, -0.15) is 13.2 Å². The first-order valence-electron chi connectivity index (χ1n) is 9.42. The van der Waals surface area contributed by atoms with Gasteiger partial charge in [-0.25, -0.2) is 14.2 Å². The third kappa shape index (κ3) is 3.66. The third-order valence-electron chi connectivity index (χ3n) is 5.11. The zero-order valence-corrected chi connectivity index (χ0v) is 16.7. The molecule has 0 aliphatic carbocycles. The molecule has 0 saturated carbocycles. The van der Waals surface area contributed by atoms with E-state index in [1.807, 2.05) is 0 Å². The molecule has 2 aromatic heterocycles. The van der Waals surface area contributed by atoms with Gasteiger partial charge in [0.05, 0.1) is 19.2 Å². The molecule has 0 radical (unpaired) electrons. The molecule has 0 unspecified atom stereocenters. The second kappa shape index (κ2) is 7.99. The van der Waals surface area contributed by atoms with Crippen LogP contribution in [-0.2, 0) is 12.7 Å². The van der Waals surface area contributed by atoms with E-state index in [0.717, 1.165) is 12.1 Å². The Morgan fingerprint density at radius 2 is 1.88 bits per heavy atom. The normalized spacial score (nSPS) is 11.7. The van der Waals surface area contributed by atoms with Crippen molar-refractivity contribution in [2.75, 3.05) is 7.11 Å². The zero-order chi connectivity index (χ0) is 23.0. The molecule has 0 saturated heterocycles. The summed E-state index contributed by atoms with van der Waals surface area (Å²) in [4.78, 5) is 16.4. The second-order valence-electron chi connectivity index (χ2n) is 7.00. The van der Waals surface area contributed by atoms with Crippen LogP contribution in [0.2, 0.25) is 0 Å². The van der Waals surface area contributed by atoms with Crippen molar-refractivity contribution >= 4 is 16.9 Å². The standard InChI is InChI=1S/C23H16F4N2O3/c1-32-21-15(6-4-10-28-21)19-16-11-14(23(25,26)27)8-9-18(16)29(20(19)22(30)31)12-13-5-2-3-7-17(13)24/h2-11H,12H2,1H3,(H,30,31). The molecule has 5 nitrogen and oxygen atoms in total. The van der Waals surface area contributed by atoms with Crippen LogP contribution in [0.25, 0.3) is 22.0 Å². The Bertz CT molecular complexity index is 1330. The van der Waals surface area contributed by atoms with E-state index in [1.165, 1.54) is 54.3 Å². The van der Waals surface area contributed by atoms with E-state index in [2.05, 4.69) is 4.98 Å². The number of aromatic nitrogens is 2. The van der Waals surface area contributed by atoms with Gasteiger partial charge in [-0.05, 0) is 36.4 Å². The molecule has 9 heteroatoms. The first kappa shape index (κ1) is 21.4. The largest absolute Gasteiger partial charge is 0.481 e. The molecule has 1 N–H and O–H groups in total. The minimum atomic E-state index is -4.64. The average Bonchev–Trinajstić information content (AvgIpc) is 3.08. The van der Waals surface area contributed by atoms with Crippen LogP contribution in [-0.4, -0.2) is 27.7 Å². The molecule has 0 amide bonds. The number of pyridine rings is 1. The molecule has 164 valence electrons. The van der Waals surface area contributed by atoms with E-state index in [-0.39, 0.29) is 45.7 Å². The SMILES string of the molecule is COc1ncccc1-c1c(C(=O)O)n(Cc2ccccc2F)c2ccc(C(F)(F)F)cc12. The Morgan fingerprint density at radius 3 is 2.53 bits per heavy atom. The fourth-order valence-electron chi connectivity index (χ4n) is 3.73. The quantitative estimate of drug-likeness (QED) is 0.406. The molecule has 0 fully saturated rings. The van der Waals surface area contributed by atoms with Crippen LogP contribution < -0.4 is 4.74 Å². The first-order valence-corrected chi connectivity index (χ1v) is 9.42. The molecule has 32 heavy (non-hydrogen) atoms. The number of alkyl halides is 3. The predicted molar refractivity (Wildman–Crippen MR) is 109 cm³/mol. The van der Waals surface area contributed by atoms with E-state index < -0.39 is 23.5 Å². The van der Waals surface area contributed by atoms with Gasteiger partial charge in [0.25, 0.3) is 0 Å². The molecule has 4 aromatic rings. The molecule has 0 atom stereocenters. The number of nitrogens with zero attached hydrogens (tertiary/aromatic N) is 2. The first-order chi connectivity index (χ1) is 15.2. The molecule has 0 spiro atoms. The van der Waals surface area contributed by atoms with Crippen molar-refractivity contribution in [1.29, 1.82) is 0 Å². The summed E-state index contributed by atoms with van der Waals surface area (Å²) in [5.41, 5.74) is -0.608. The Morgan fingerprint density at radius 1 is 1.12 bits per heavy atom. The van der Waals surface area contributed by atoms with Crippen molar-refractivity contribution in [2.45, 2.75) is 12.7 Å². The average molecular weight is 444 g/mol. The summed E-state index contributed by atoms with van der Waals surface area (Å²) in [6.45, 7) is -0.196. The fraction of sp³-hybridized carbons (Fsp3) is 0.130. The lowest BCUT2D eigenvalue weighted by Crippen LogP contribution is -2.11. The van der Waals surface area contributed by atoms with E-state index in [0.29, 0.717) is 0 Å². The monoisotopic (exact) mass is 444 g/mol. The summed E-state index contributed by atoms with van der Waals surface area (Å²) in [6, 6.07) is 11.8. The third-order valence-corrected chi connectivity index (χ3v) is 5.11. The maximum atomic E-state index is 14.3. The molecular weight excluding hydrogens is 428 g/mol. The van der Waals surface area contributed by atoms with Gasteiger partial charge in [0.15, 0.2) is 0 Å². The van der Waals surface area contributed by atoms with E-state index in [9.17, 15) is 27.5 Å². The lowest BCUT2D eigenvalue weighted by Gasteiger charge is -2.11. The summed E-state index contributed by atoms with van der Waals surface area (Å²) in [5.74, 6) is -1.89. The molecule has 2 aromatic carbocycles. The van der Waals surface area contributed by atoms with Gasteiger partial charge in [-0.1, -0.05) is 18.2 Å². The fourth-order valence-corrected chi connectivity index (χ4v) is 3.73. The number of carbonyl (C=O) groups is 1. The maximum Gasteiger partial charge on any atom is 0.416 e. The van der Waals surface area contributed by atoms with E-state index >= 15 is 0 Å². The minimum Gasteiger partial charge on any atom is -0.481 e. The summed E-state index contributed by atoms with van der Waals surface area (Å²) in [5, 5.41) is 10.1. The van der Waals surface area contributed by atoms with Crippen LogP contribution in [0.1, 0.15) is 21.6 Å². The second-order valence-corrected chi connectivity index (χ2v) is 7.00. The summed E-state index contributed by atoms with van der Waals surface area (Å²) >= 11 is 0. The number of methoxy groups -OCH3 is 1. The van der Waals surface area contributed by atoms with Crippen molar-refractivity contribution in [2.24, 2.45) is 0 Å². The van der Waals surface area contributed by atoms with Crippen molar-refractivity contribution in [3.63, 3.8) is 0 Å². The Labute approximate surface area is 179 Å². The van der Waals surface area contributed by atoms with Gasteiger partial charge < -0.3 is 14.4 Å². The number of hydrogen-bond acceptors (Lipinski definition) is 3. The Balaban J connectivity index is 2.11. The molecule has 2 heterocycles. The summed E-state index contributed by atoms with van der Waals surface area (Å²) in [6.07, 6.45) is -3.22. The highest BCUT2D eigenvalue weighted by molar-refractivity contribution is 6.09. The zero-order valence-electron chi connectivity index (χ0n) is 16.7. The van der Waals surface area contributed by atoms with Gasteiger partial charge in [-0.15, -0.1) is 0 Å². The maximum absolute atomic E-state index is 14.3. The van der Waals surface area contributed by atoms with Crippen LogP contribution in [0.4, 0.5) is 17.6 Å². The molecule has 0 aliphatic heterocycles. The van der Waals surface area contributed by atoms with Gasteiger partial charge in [0.2, 0.25) is 5.88 Å². The number of rotatable bonds is 5. The smallest absolute Gasteiger partial charge is 0.416 e. The Kier molecular flexibility index (Phi) is 5.33. The highest BCUT2D eigenvalue weighted by Gasteiger charge is 2.33. The minimum absolute atomic E-state index is 0.0138. The number of ether oxygens (including phenoxy) is 1. The highest BCUT2D eigenvalue weighted by Crippen LogP contribution is 2.41. The number of carboxylic acids is 1. The van der Waals surface area contributed by atoms with Gasteiger partial charge in [0, 0.05) is 33.8 Å². The van der Waals surface area contributed by atoms with E-state index in [1.54, 1.807) is 6.07 Å². The number of hydrogen-bond donors (Lipinski definition) is 1. The molecule has 0 bridgehead atoms. The molecule has 0 aliphatic rings. The summed E-state index contributed by atoms with van der Waals surface area (Å²) in [7, 11) is 1.33. The number of aromatic carboxylic acids is 1. The Hall–Kier alpha value is -3.88. The van der Waals surface area contributed by atoms with Crippen LogP contribution in [0.5, 0.6) is 5.88 Å². The lowest BCUT2D eigenvalue weighted by atomic mass is 10.0. The van der Waals surface area contributed by atoms with Crippen LogP contribution in [0, 0.1) is 5.82 Å². The van der Waals surface area contributed by atoms with Gasteiger partial charge >= 0.3 is 12.1 Å². The van der Waals surface area contributed by atoms with Gasteiger partial charge in [-0.3, -0.25) is 0 Å². The van der Waals surface area contributed by atoms with Crippen LogP contribution in [0.15, 0.2) is 60.8 Å². The van der Waals surface area contributed by atoms with Crippen molar-refractivity contribution in [3.8, 4) is 17.0 Å². The van der Waals surface area contributed by atoms with E-state index in [4.69, 9.17) is 4.74 Å². The topological polar surface area (TPSA) is 64.3 Å². The number of benzene rings is 2. The van der Waals surface area contributed by atoms with Gasteiger partial charge in [0.1, 0.15) is 11.5 Å². The predicted octanol–water partition coefficient (Wildman–Crippen LogP) is 5.62. The van der Waals surface area contributed by atoms with Crippen molar-refractivity contribution in [3.05, 3.63) is 83.4 Å². The highest BCUT2D eigenvalue weighted by atomic mass is 19.4. The van der Waals surface area contributed by atoms with Crippen molar-refractivity contribution in [1.82, 2.24) is 9.55 Å². The number of halogens is 4. The number of fused-ring (bicyclic) bond motifs is 1. The lowest BCUT2D eigenvalue weighted by molar-refractivity contribution is -0.137. The van der Waals surface area contributed by atoms with Crippen molar-refractivity contribution < 1.29 is 32.2 Å². The van der Waals surface area contributed by atoms with Crippen LogP contribution in [0.3, 0.4) is 0 Å².